The van der Waals surface area contributed by atoms with Crippen molar-refractivity contribution in [2.75, 3.05) is 32.2 Å². The number of rotatable bonds is 17. The number of methoxy groups -OCH3 is 2. The molecule has 0 saturated carbocycles. The molecule has 0 unspecified atom stereocenters. The predicted octanol–water partition coefficient (Wildman–Crippen LogP) is 6.07. The average molecular weight is 575 g/mol. The Kier molecular flexibility index (Phi) is 11.1. The minimum Gasteiger partial charge on any atom is -0.497 e. The van der Waals surface area contributed by atoms with Crippen molar-refractivity contribution in [2.45, 2.75) is 65.0 Å². The molecule has 2 N–H and O–H groups in total. The molecule has 0 saturated heterocycles. The molecule has 0 aliphatic carbocycles. The molecule has 2 heterocycles. The molecular formula is C32H42N6O4. The maximum atomic E-state index is 10.6. The summed E-state index contributed by atoms with van der Waals surface area (Å²) in [7, 11) is 3.31. The molecule has 0 radical (unpaired) electrons. The van der Waals surface area contributed by atoms with Gasteiger partial charge in [-0.3, -0.25) is 14.5 Å². The first-order chi connectivity index (χ1) is 20.4. The third-order valence-electron chi connectivity index (χ3n) is 7.08. The Morgan fingerprint density at radius 3 is 2.40 bits per heavy atom. The summed E-state index contributed by atoms with van der Waals surface area (Å²) in [5, 5.41) is 16.8. The number of aryl methyl sites for hydroxylation is 1. The molecule has 42 heavy (non-hydrogen) atoms. The number of nitrogens with zero attached hydrogens (tertiary/aromatic N) is 5. The Bertz CT molecular complexity index is 1430. The van der Waals surface area contributed by atoms with Crippen LogP contribution in [-0.4, -0.2) is 64.2 Å². The van der Waals surface area contributed by atoms with E-state index in [1.165, 1.54) is 0 Å². The van der Waals surface area contributed by atoms with E-state index < -0.39 is 5.97 Å². The number of unbranched alkanes of at least 4 members (excludes halogenated alkanes) is 4. The number of hydrogen-bond acceptors (Lipinski definition) is 8. The Morgan fingerprint density at radius 1 is 0.952 bits per heavy atom. The van der Waals surface area contributed by atoms with Crippen molar-refractivity contribution in [1.29, 1.82) is 0 Å². The van der Waals surface area contributed by atoms with Gasteiger partial charge in [-0.05, 0) is 31.0 Å². The van der Waals surface area contributed by atoms with E-state index in [9.17, 15) is 4.79 Å². The SMILES string of the molecule is COc1cc(OC)cc(N(CCNC(C)C)c2ccc3ncc(-c4cnn(CCCCCCCC(=O)O)c4)nc3c2)c1. The topological polar surface area (TPSA) is 115 Å². The zero-order valence-electron chi connectivity index (χ0n) is 25.0. The highest BCUT2D eigenvalue weighted by Gasteiger charge is 2.15. The summed E-state index contributed by atoms with van der Waals surface area (Å²) in [4.78, 5) is 22.5. The van der Waals surface area contributed by atoms with Crippen LogP contribution in [0.2, 0.25) is 0 Å². The maximum Gasteiger partial charge on any atom is 0.303 e. The minimum absolute atomic E-state index is 0.250. The number of carboxylic acids is 1. The fourth-order valence-corrected chi connectivity index (χ4v) is 4.83. The second-order valence-electron chi connectivity index (χ2n) is 10.7. The van der Waals surface area contributed by atoms with Crippen LogP contribution in [0.5, 0.6) is 11.5 Å². The van der Waals surface area contributed by atoms with Crippen LogP contribution in [0.25, 0.3) is 22.3 Å². The van der Waals surface area contributed by atoms with Gasteiger partial charge in [0.15, 0.2) is 0 Å². The van der Waals surface area contributed by atoms with E-state index in [0.29, 0.717) is 6.04 Å². The maximum absolute atomic E-state index is 10.6. The summed E-state index contributed by atoms with van der Waals surface area (Å²) in [6, 6.07) is 12.4. The van der Waals surface area contributed by atoms with Gasteiger partial charge in [-0.15, -0.1) is 0 Å². The van der Waals surface area contributed by atoms with E-state index in [4.69, 9.17) is 19.6 Å². The van der Waals surface area contributed by atoms with Gasteiger partial charge in [-0.2, -0.15) is 5.10 Å². The van der Waals surface area contributed by atoms with Crippen LogP contribution in [-0.2, 0) is 11.3 Å². The molecule has 2 aromatic carbocycles. The Morgan fingerprint density at radius 2 is 1.69 bits per heavy atom. The van der Waals surface area contributed by atoms with Crippen LogP contribution >= 0.6 is 0 Å². The largest absolute Gasteiger partial charge is 0.497 e. The molecule has 0 amide bonds. The van der Waals surface area contributed by atoms with Gasteiger partial charge in [-0.1, -0.05) is 33.1 Å². The molecular weight excluding hydrogens is 532 g/mol. The Balaban J connectivity index is 1.51. The van der Waals surface area contributed by atoms with E-state index in [1.807, 2.05) is 41.3 Å². The van der Waals surface area contributed by atoms with Crippen LogP contribution in [0.15, 0.2) is 55.0 Å². The first-order valence-electron chi connectivity index (χ1n) is 14.6. The van der Waals surface area contributed by atoms with E-state index in [2.05, 4.69) is 46.3 Å². The smallest absolute Gasteiger partial charge is 0.303 e. The number of benzene rings is 2. The Hall–Kier alpha value is -4.18. The lowest BCUT2D eigenvalue weighted by Crippen LogP contribution is -2.32. The van der Waals surface area contributed by atoms with Crippen molar-refractivity contribution in [1.82, 2.24) is 25.1 Å². The van der Waals surface area contributed by atoms with Crippen LogP contribution in [0.3, 0.4) is 0 Å². The first kappa shape index (κ1) is 30.8. The molecule has 2 aromatic heterocycles. The third kappa shape index (κ3) is 8.66. The highest BCUT2D eigenvalue weighted by Crippen LogP contribution is 2.34. The van der Waals surface area contributed by atoms with Crippen LogP contribution in [0.1, 0.15) is 52.4 Å². The van der Waals surface area contributed by atoms with Gasteiger partial charge in [0.05, 0.1) is 43.3 Å². The molecule has 4 rings (SSSR count). The lowest BCUT2D eigenvalue weighted by atomic mass is 10.1. The zero-order chi connectivity index (χ0) is 29.9. The number of carbonyl (C=O) groups is 1. The molecule has 0 atom stereocenters. The number of nitrogens with one attached hydrogen (secondary N) is 1. The molecule has 0 aliphatic heterocycles. The van der Waals surface area contributed by atoms with E-state index in [0.717, 1.165) is 96.9 Å². The van der Waals surface area contributed by atoms with Gasteiger partial charge in [0.1, 0.15) is 11.5 Å². The summed E-state index contributed by atoms with van der Waals surface area (Å²) in [5.41, 5.74) is 5.27. The van der Waals surface area contributed by atoms with Crippen molar-refractivity contribution in [2.24, 2.45) is 0 Å². The van der Waals surface area contributed by atoms with E-state index in [-0.39, 0.29) is 6.42 Å². The lowest BCUT2D eigenvalue weighted by molar-refractivity contribution is -0.137. The van der Waals surface area contributed by atoms with Gasteiger partial charge in [0.2, 0.25) is 0 Å². The van der Waals surface area contributed by atoms with Crippen molar-refractivity contribution < 1.29 is 19.4 Å². The summed E-state index contributed by atoms with van der Waals surface area (Å²) in [5.74, 6) is 0.731. The van der Waals surface area contributed by atoms with Crippen molar-refractivity contribution >= 4 is 28.4 Å². The van der Waals surface area contributed by atoms with Gasteiger partial charge in [0, 0.05) is 73.4 Å². The number of aliphatic carboxylic acids is 1. The van der Waals surface area contributed by atoms with Gasteiger partial charge >= 0.3 is 5.97 Å². The van der Waals surface area contributed by atoms with Crippen LogP contribution in [0, 0.1) is 0 Å². The highest BCUT2D eigenvalue weighted by molar-refractivity contribution is 5.82. The molecule has 4 aromatic rings. The Labute approximate surface area is 247 Å². The fourth-order valence-electron chi connectivity index (χ4n) is 4.83. The number of fused-ring (bicyclic) bond motifs is 1. The summed E-state index contributed by atoms with van der Waals surface area (Å²) < 4.78 is 13.0. The average Bonchev–Trinajstić information content (AvgIpc) is 3.46. The fraction of sp³-hybridized carbons (Fsp3) is 0.438. The van der Waals surface area contributed by atoms with E-state index >= 15 is 0 Å². The number of hydrogen-bond donors (Lipinski definition) is 2. The lowest BCUT2D eigenvalue weighted by Gasteiger charge is -2.27. The van der Waals surface area contributed by atoms with Crippen LogP contribution in [0.4, 0.5) is 11.4 Å². The molecule has 10 heteroatoms. The van der Waals surface area contributed by atoms with Gasteiger partial charge < -0.3 is 24.8 Å². The standard InChI is InChI=1S/C32H42N6O4/c1-23(2)33-13-15-38(26-16-27(41-3)19-28(17-26)42-4)25-11-12-29-30(18-25)36-31(21-34-29)24-20-35-37(22-24)14-9-7-5-6-8-10-32(39)40/h11-12,16-23,33H,5-10,13-15H2,1-4H3,(H,39,40). The quantitative estimate of drug-likeness (QED) is 0.145. The van der Waals surface area contributed by atoms with Crippen molar-refractivity contribution in [3.05, 3.63) is 55.0 Å². The predicted molar refractivity (Wildman–Crippen MR) is 166 cm³/mol. The molecule has 0 spiro atoms. The number of carboxylic acid groups (broad SMARTS) is 1. The summed E-state index contributed by atoms with van der Waals surface area (Å²) in [6.45, 7) is 6.62. The van der Waals surface area contributed by atoms with Gasteiger partial charge in [-0.25, -0.2) is 4.98 Å². The van der Waals surface area contributed by atoms with Crippen LogP contribution < -0.4 is 19.7 Å². The molecule has 0 bridgehead atoms. The van der Waals surface area contributed by atoms with Gasteiger partial charge in [0.25, 0.3) is 0 Å². The summed E-state index contributed by atoms with van der Waals surface area (Å²) >= 11 is 0. The number of ether oxygens (including phenoxy) is 2. The third-order valence-corrected chi connectivity index (χ3v) is 7.08. The van der Waals surface area contributed by atoms with Crippen molar-refractivity contribution in [3.63, 3.8) is 0 Å². The monoisotopic (exact) mass is 574 g/mol. The molecule has 224 valence electrons. The molecule has 0 aliphatic rings. The minimum atomic E-state index is -0.721. The van der Waals surface area contributed by atoms with E-state index in [1.54, 1.807) is 20.4 Å². The normalized spacial score (nSPS) is 11.3. The second kappa shape index (κ2) is 15.2. The summed E-state index contributed by atoms with van der Waals surface area (Å²) in [6.07, 6.45) is 10.7. The molecule has 0 fully saturated rings. The number of aromatic nitrogens is 4. The van der Waals surface area contributed by atoms with Crippen molar-refractivity contribution in [3.8, 4) is 22.8 Å². The zero-order valence-corrected chi connectivity index (χ0v) is 25.0. The number of anilines is 2. The first-order valence-corrected chi connectivity index (χ1v) is 14.6. The molecule has 10 nitrogen and oxygen atoms in total. The highest BCUT2D eigenvalue weighted by atomic mass is 16.5. The second-order valence-corrected chi connectivity index (χ2v) is 10.7.